The summed E-state index contributed by atoms with van der Waals surface area (Å²) in [4.78, 5) is 17.6. The van der Waals surface area contributed by atoms with Crippen molar-refractivity contribution in [1.82, 2.24) is 9.97 Å². The van der Waals surface area contributed by atoms with Crippen molar-refractivity contribution in [3.63, 3.8) is 0 Å². The number of benzene rings is 1. The molecular weight excluding hydrogens is 258 g/mol. The molecular formula is C10H11N3O2S2. The molecule has 0 aliphatic rings. The van der Waals surface area contributed by atoms with Crippen molar-refractivity contribution in [1.29, 1.82) is 0 Å². The second-order valence-electron chi connectivity index (χ2n) is 3.41. The van der Waals surface area contributed by atoms with Gasteiger partial charge in [-0.3, -0.25) is 10.1 Å². The fourth-order valence-corrected chi connectivity index (χ4v) is 3.28. The van der Waals surface area contributed by atoms with Gasteiger partial charge in [0, 0.05) is 17.9 Å². The minimum absolute atomic E-state index is 0.0823. The van der Waals surface area contributed by atoms with Crippen LogP contribution in [0.2, 0.25) is 0 Å². The first-order valence-corrected chi connectivity index (χ1v) is 7.46. The standard InChI is InChI=1S/C10H11N3O2S2/c1-2-5-16-17-10-11-8-4-3-7(13(14)15)6-9(8)12-10/h3-4,6H,2,5H2,1H3,(H,11,12). The van der Waals surface area contributed by atoms with Gasteiger partial charge in [0.25, 0.3) is 5.69 Å². The highest BCUT2D eigenvalue weighted by Crippen LogP contribution is 2.31. The van der Waals surface area contributed by atoms with Crippen molar-refractivity contribution in [3.05, 3.63) is 28.3 Å². The summed E-state index contributed by atoms with van der Waals surface area (Å²) in [7, 11) is 3.29. The molecule has 0 saturated carbocycles. The number of imidazole rings is 1. The molecule has 1 aromatic carbocycles. The zero-order chi connectivity index (χ0) is 12.3. The highest BCUT2D eigenvalue weighted by Gasteiger charge is 2.09. The third-order valence-corrected chi connectivity index (χ3v) is 4.45. The van der Waals surface area contributed by atoms with E-state index in [9.17, 15) is 10.1 Å². The van der Waals surface area contributed by atoms with Crippen LogP contribution in [0, 0.1) is 10.1 Å². The number of nitro groups is 1. The van der Waals surface area contributed by atoms with Gasteiger partial charge in [-0.1, -0.05) is 17.7 Å². The number of nitrogens with zero attached hydrogens (tertiary/aromatic N) is 2. The highest BCUT2D eigenvalue weighted by molar-refractivity contribution is 8.76. The lowest BCUT2D eigenvalue weighted by Gasteiger charge is -1.92. The van der Waals surface area contributed by atoms with Crippen LogP contribution in [0.15, 0.2) is 23.4 Å². The van der Waals surface area contributed by atoms with Crippen LogP contribution in [0.25, 0.3) is 11.0 Å². The Bertz CT molecular complexity index is 541. The molecule has 1 aromatic heterocycles. The Labute approximate surface area is 106 Å². The van der Waals surface area contributed by atoms with Crippen LogP contribution < -0.4 is 0 Å². The Balaban J connectivity index is 2.21. The molecule has 90 valence electrons. The number of fused-ring (bicyclic) bond motifs is 1. The number of aromatic amines is 1. The number of hydrogen-bond donors (Lipinski definition) is 1. The molecule has 0 aliphatic heterocycles. The summed E-state index contributed by atoms with van der Waals surface area (Å²) in [6.07, 6.45) is 1.11. The first-order chi connectivity index (χ1) is 8.20. The van der Waals surface area contributed by atoms with Gasteiger partial charge in [0.15, 0.2) is 5.16 Å². The summed E-state index contributed by atoms with van der Waals surface area (Å²) in [5, 5.41) is 11.4. The Hall–Kier alpha value is -1.21. The van der Waals surface area contributed by atoms with Gasteiger partial charge in [0.2, 0.25) is 0 Å². The summed E-state index contributed by atoms with van der Waals surface area (Å²) in [5.41, 5.74) is 1.55. The van der Waals surface area contributed by atoms with Crippen LogP contribution >= 0.6 is 21.6 Å². The van der Waals surface area contributed by atoms with E-state index >= 15 is 0 Å². The van der Waals surface area contributed by atoms with Crippen molar-refractivity contribution in [2.75, 3.05) is 5.75 Å². The SMILES string of the molecule is CCCSSc1nc2ccc([N+](=O)[O-])cc2[nH]1. The third-order valence-electron chi connectivity index (χ3n) is 2.08. The molecule has 1 N–H and O–H groups in total. The molecule has 0 radical (unpaired) electrons. The van der Waals surface area contributed by atoms with E-state index in [1.54, 1.807) is 27.7 Å². The molecule has 0 bridgehead atoms. The first kappa shape index (κ1) is 12.3. The van der Waals surface area contributed by atoms with Crippen LogP contribution in [0.1, 0.15) is 13.3 Å². The molecule has 0 spiro atoms. The van der Waals surface area contributed by atoms with Crippen LogP contribution in [0.5, 0.6) is 0 Å². The van der Waals surface area contributed by atoms with Crippen LogP contribution in [0.4, 0.5) is 5.69 Å². The van der Waals surface area contributed by atoms with Gasteiger partial charge in [0.1, 0.15) is 0 Å². The number of rotatable bonds is 5. The quantitative estimate of drug-likeness (QED) is 0.388. The molecule has 0 unspecified atom stereocenters. The first-order valence-electron chi connectivity index (χ1n) is 5.14. The predicted molar refractivity (Wildman–Crippen MR) is 71.4 cm³/mol. The molecule has 7 heteroatoms. The maximum absolute atomic E-state index is 10.6. The fourth-order valence-electron chi connectivity index (χ4n) is 1.31. The number of nitrogens with one attached hydrogen (secondary N) is 1. The average molecular weight is 269 g/mol. The topological polar surface area (TPSA) is 71.8 Å². The lowest BCUT2D eigenvalue weighted by molar-refractivity contribution is -0.384. The number of nitro benzene ring substituents is 1. The number of non-ortho nitro benzene ring substituents is 1. The van der Waals surface area contributed by atoms with E-state index in [1.165, 1.54) is 12.1 Å². The number of H-pyrrole nitrogens is 1. The molecule has 5 nitrogen and oxygen atoms in total. The highest BCUT2D eigenvalue weighted by atomic mass is 33.1. The summed E-state index contributed by atoms with van der Waals surface area (Å²) in [5.74, 6) is 1.06. The maximum atomic E-state index is 10.6. The van der Waals surface area contributed by atoms with Crippen LogP contribution in [0.3, 0.4) is 0 Å². The average Bonchev–Trinajstić information content (AvgIpc) is 2.70. The molecule has 2 aromatic rings. The summed E-state index contributed by atoms with van der Waals surface area (Å²) in [6.45, 7) is 2.12. The van der Waals surface area contributed by atoms with Crippen LogP contribution in [-0.2, 0) is 0 Å². The largest absolute Gasteiger partial charge is 0.332 e. The van der Waals surface area contributed by atoms with E-state index in [2.05, 4.69) is 16.9 Å². The van der Waals surface area contributed by atoms with E-state index in [1.807, 2.05) is 0 Å². The van der Waals surface area contributed by atoms with Gasteiger partial charge >= 0.3 is 0 Å². The number of hydrogen-bond acceptors (Lipinski definition) is 5. The van der Waals surface area contributed by atoms with Crippen molar-refractivity contribution in [3.8, 4) is 0 Å². The molecule has 0 atom stereocenters. The van der Waals surface area contributed by atoms with Gasteiger partial charge in [-0.15, -0.1) is 0 Å². The minimum atomic E-state index is -0.404. The maximum Gasteiger partial charge on any atom is 0.271 e. The van der Waals surface area contributed by atoms with Gasteiger partial charge in [-0.2, -0.15) is 0 Å². The van der Waals surface area contributed by atoms with E-state index < -0.39 is 4.92 Å². The Morgan fingerprint density at radius 2 is 2.35 bits per heavy atom. The van der Waals surface area contributed by atoms with Crippen molar-refractivity contribution in [2.24, 2.45) is 0 Å². The smallest absolute Gasteiger partial charge is 0.271 e. The van der Waals surface area contributed by atoms with E-state index in [-0.39, 0.29) is 5.69 Å². The summed E-state index contributed by atoms with van der Waals surface area (Å²) < 4.78 is 0. The monoisotopic (exact) mass is 269 g/mol. The lowest BCUT2D eigenvalue weighted by atomic mass is 10.3. The van der Waals surface area contributed by atoms with E-state index in [0.717, 1.165) is 22.8 Å². The second-order valence-corrected chi connectivity index (χ2v) is 5.81. The van der Waals surface area contributed by atoms with Gasteiger partial charge in [0.05, 0.1) is 16.0 Å². The molecule has 0 amide bonds. The molecule has 17 heavy (non-hydrogen) atoms. The summed E-state index contributed by atoms with van der Waals surface area (Å²) in [6, 6.07) is 4.65. The normalized spacial score (nSPS) is 10.9. The van der Waals surface area contributed by atoms with E-state index in [0.29, 0.717) is 5.52 Å². The number of aromatic nitrogens is 2. The third kappa shape index (κ3) is 2.92. The minimum Gasteiger partial charge on any atom is -0.332 e. The molecule has 0 fully saturated rings. The molecule has 0 saturated heterocycles. The van der Waals surface area contributed by atoms with Crippen molar-refractivity contribution >= 4 is 38.3 Å². The molecule has 0 aliphatic carbocycles. The summed E-state index contributed by atoms with van der Waals surface area (Å²) >= 11 is 0. The van der Waals surface area contributed by atoms with Gasteiger partial charge < -0.3 is 4.98 Å². The van der Waals surface area contributed by atoms with Crippen molar-refractivity contribution < 1.29 is 4.92 Å². The zero-order valence-electron chi connectivity index (χ0n) is 9.17. The Morgan fingerprint density at radius 1 is 1.53 bits per heavy atom. The zero-order valence-corrected chi connectivity index (χ0v) is 10.8. The fraction of sp³-hybridized carbons (Fsp3) is 0.300. The Morgan fingerprint density at radius 3 is 3.06 bits per heavy atom. The lowest BCUT2D eigenvalue weighted by Crippen LogP contribution is -1.86. The van der Waals surface area contributed by atoms with Crippen LogP contribution in [-0.4, -0.2) is 20.6 Å². The van der Waals surface area contributed by atoms with Crippen molar-refractivity contribution in [2.45, 2.75) is 18.5 Å². The van der Waals surface area contributed by atoms with Gasteiger partial charge in [-0.25, -0.2) is 4.98 Å². The molecule has 2 rings (SSSR count). The molecule has 1 heterocycles. The Kier molecular flexibility index (Phi) is 3.90. The van der Waals surface area contributed by atoms with E-state index in [4.69, 9.17) is 0 Å². The predicted octanol–water partition coefficient (Wildman–Crippen LogP) is 3.62. The van der Waals surface area contributed by atoms with Gasteiger partial charge in [-0.05, 0) is 23.3 Å². The second kappa shape index (κ2) is 5.42.